The Hall–Kier alpha value is -0.530. The van der Waals surface area contributed by atoms with Crippen molar-refractivity contribution in [3.05, 3.63) is 35.9 Å². The molecule has 2 heteroatoms. The van der Waals surface area contributed by atoms with Gasteiger partial charge in [-0.15, -0.1) is 11.6 Å². The van der Waals surface area contributed by atoms with Crippen LogP contribution in [-0.4, -0.2) is 23.4 Å². The molecule has 82 valence electrons. The molecule has 0 bridgehead atoms. The second-order valence-electron chi connectivity index (χ2n) is 4.27. The molecule has 1 aromatic carbocycles. The molecule has 1 saturated heterocycles. The van der Waals surface area contributed by atoms with Gasteiger partial charge in [-0.25, -0.2) is 0 Å². The Morgan fingerprint density at radius 1 is 1.40 bits per heavy atom. The molecule has 1 nitrogen and oxygen atoms in total. The summed E-state index contributed by atoms with van der Waals surface area (Å²) in [5.41, 5.74) is 1.40. The molecule has 0 N–H and O–H groups in total. The highest BCUT2D eigenvalue weighted by Gasteiger charge is 2.28. The van der Waals surface area contributed by atoms with Crippen molar-refractivity contribution in [1.29, 1.82) is 0 Å². The van der Waals surface area contributed by atoms with E-state index in [-0.39, 0.29) is 0 Å². The third kappa shape index (κ3) is 2.35. The van der Waals surface area contributed by atoms with Crippen LogP contribution in [0.15, 0.2) is 30.3 Å². The summed E-state index contributed by atoms with van der Waals surface area (Å²) >= 11 is 5.99. The number of hydrogen-bond acceptors (Lipinski definition) is 1. The molecule has 1 aromatic rings. The van der Waals surface area contributed by atoms with E-state index in [2.05, 4.69) is 42.2 Å². The maximum Gasteiger partial charge on any atom is 0.0379 e. The average molecular weight is 224 g/mol. The molecule has 0 radical (unpaired) electrons. The van der Waals surface area contributed by atoms with Gasteiger partial charge in [0.15, 0.2) is 0 Å². The van der Waals surface area contributed by atoms with Gasteiger partial charge in [-0.3, -0.25) is 4.90 Å². The summed E-state index contributed by atoms with van der Waals surface area (Å²) in [5.74, 6) is 0.761. The van der Waals surface area contributed by atoms with Crippen molar-refractivity contribution < 1.29 is 0 Å². The topological polar surface area (TPSA) is 3.24 Å². The zero-order valence-electron chi connectivity index (χ0n) is 9.20. The predicted octanol–water partition coefficient (Wildman–Crippen LogP) is 3.45. The first kappa shape index (κ1) is 11.0. The fraction of sp³-hybridized carbons (Fsp3) is 0.538. The lowest BCUT2D eigenvalue weighted by Gasteiger charge is -2.29. The quantitative estimate of drug-likeness (QED) is 0.710. The Kier molecular flexibility index (Phi) is 3.66. The number of benzene rings is 1. The number of alkyl halides is 1. The SMILES string of the molecule is CC(c1ccccc1)N1CCCC1CCl. The molecule has 1 fully saturated rings. The molecule has 0 saturated carbocycles. The predicted molar refractivity (Wildman–Crippen MR) is 65.3 cm³/mol. The lowest BCUT2D eigenvalue weighted by Crippen LogP contribution is -2.33. The van der Waals surface area contributed by atoms with Gasteiger partial charge in [-0.1, -0.05) is 30.3 Å². The minimum absolute atomic E-state index is 0.498. The van der Waals surface area contributed by atoms with Crippen molar-refractivity contribution in [3.8, 4) is 0 Å². The number of rotatable bonds is 3. The van der Waals surface area contributed by atoms with Gasteiger partial charge in [-0.2, -0.15) is 0 Å². The van der Waals surface area contributed by atoms with E-state index < -0.39 is 0 Å². The van der Waals surface area contributed by atoms with Gasteiger partial charge in [0, 0.05) is 18.0 Å². The molecule has 1 aliphatic heterocycles. The molecule has 2 rings (SSSR count). The Morgan fingerprint density at radius 3 is 2.80 bits per heavy atom. The van der Waals surface area contributed by atoms with Crippen molar-refractivity contribution in [2.75, 3.05) is 12.4 Å². The fourth-order valence-corrected chi connectivity index (χ4v) is 2.79. The Labute approximate surface area is 97.0 Å². The first-order chi connectivity index (χ1) is 7.33. The van der Waals surface area contributed by atoms with Crippen molar-refractivity contribution in [2.45, 2.75) is 31.8 Å². The highest BCUT2D eigenvalue weighted by molar-refractivity contribution is 6.18. The van der Waals surface area contributed by atoms with E-state index in [1.54, 1.807) is 0 Å². The van der Waals surface area contributed by atoms with Crippen LogP contribution in [0.3, 0.4) is 0 Å². The van der Waals surface area contributed by atoms with E-state index in [4.69, 9.17) is 11.6 Å². The number of likely N-dealkylation sites (tertiary alicyclic amines) is 1. The van der Waals surface area contributed by atoms with E-state index in [1.807, 2.05) is 0 Å². The maximum atomic E-state index is 5.99. The van der Waals surface area contributed by atoms with Crippen molar-refractivity contribution in [1.82, 2.24) is 4.90 Å². The maximum absolute atomic E-state index is 5.99. The van der Waals surface area contributed by atoms with Crippen LogP contribution in [0, 0.1) is 0 Å². The van der Waals surface area contributed by atoms with E-state index in [0.29, 0.717) is 12.1 Å². The molecule has 0 amide bonds. The zero-order valence-corrected chi connectivity index (χ0v) is 9.95. The lowest BCUT2D eigenvalue weighted by atomic mass is 10.1. The first-order valence-corrected chi connectivity index (χ1v) is 6.23. The van der Waals surface area contributed by atoms with E-state index in [1.165, 1.54) is 24.9 Å². The number of halogens is 1. The molecule has 2 unspecified atom stereocenters. The Balaban J connectivity index is 2.10. The summed E-state index contributed by atoms with van der Waals surface area (Å²) in [4.78, 5) is 2.53. The molecular formula is C13H18ClN. The minimum Gasteiger partial charge on any atom is -0.292 e. The smallest absolute Gasteiger partial charge is 0.0379 e. The first-order valence-electron chi connectivity index (χ1n) is 5.69. The highest BCUT2D eigenvalue weighted by atomic mass is 35.5. The van der Waals surface area contributed by atoms with Gasteiger partial charge in [0.1, 0.15) is 0 Å². The third-order valence-corrected chi connectivity index (χ3v) is 3.74. The van der Waals surface area contributed by atoms with Crippen LogP contribution in [0.1, 0.15) is 31.4 Å². The van der Waals surface area contributed by atoms with Gasteiger partial charge >= 0.3 is 0 Å². The van der Waals surface area contributed by atoms with Gasteiger partial charge in [0.2, 0.25) is 0 Å². The molecular weight excluding hydrogens is 206 g/mol. The van der Waals surface area contributed by atoms with Crippen LogP contribution < -0.4 is 0 Å². The highest BCUT2D eigenvalue weighted by Crippen LogP contribution is 2.29. The second-order valence-corrected chi connectivity index (χ2v) is 4.58. The molecule has 1 heterocycles. The summed E-state index contributed by atoms with van der Waals surface area (Å²) in [6.07, 6.45) is 2.54. The van der Waals surface area contributed by atoms with Crippen LogP contribution in [0.4, 0.5) is 0 Å². The lowest BCUT2D eigenvalue weighted by molar-refractivity contribution is 0.206. The average Bonchev–Trinajstić information content (AvgIpc) is 2.77. The zero-order chi connectivity index (χ0) is 10.7. The normalized spacial score (nSPS) is 24.3. The van der Waals surface area contributed by atoms with Crippen molar-refractivity contribution >= 4 is 11.6 Å². The van der Waals surface area contributed by atoms with E-state index in [0.717, 1.165) is 5.88 Å². The fourth-order valence-electron chi connectivity index (χ4n) is 2.46. The van der Waals surface area contributed by atoms with Gasteiger partial charge in [0.05, 0.1) is 0 Å². The third-order valence-electron chi connectivity index (χ3n) is 3.38. The van der Waals surface area contributed by atoms with E-state index >= 15 is 0 Å². The van der Waals surface area contributed by atoms with Crippen LogP contribution in [0.25, 0.3) is 0 Å². The number of nitrogens with zero attached hydrogens (tertiary/aromatic N) is 1. The standard InChI is InChI=1S/C13H18ClN/c1-11(12-6-3-2-4-7-12)15-9-5-8-13(15)10-14/h2-4,6-7,11,13H,5,8-10H2,1H3. The summed E-state index contributed by atoms with van der Waals surface area (Å²) in [6, 6.07) is 11.8. The van der Waals surface area contributed by atoms with Crippen molar-refractivity contribution in [2.24, 2.45) is 0 Å². The molecule has 1 aliphatic rings. The summed E-state index contributed by atoms with van der Waals surface area (Å²) in [6.45, 7) is 3.47. The number of hydrogen-bond donors (Lipinski definition) is 0. The molecule has 2 atom stereocenters. The van der Waals surface area contributed by atoms with Gasteiger partial charge in [-0.05, 0) is 31.9 Å². The summed E-state index contributed by atoms with van der Waals surface area (Å²) in [7, 11) is 0. The van der Waals surface area contributed by atoms with Crippen molar-refractivity contribution in [3.63, 3.8) is 0 Å². The molecule has 15 heavy (non-hydrogen) atoms. The summed E-state index contributed by atoms with van der Waals surface area (Å²) < 4.78 is 0. The second kappa shape index (κ2) is 5.00. The molecule has 0 spiro atoms. The molecule has 0 aromatic heterocycles. The van der Waals surface area contributed by atoms with Gasteiger partial charge < -0.3 is 0 Å². The van der Waals surface area contributed by atoms with Crippen LogP contribution in [0.5, 0.6) is 0 Å². The van der Waals surface area contributed by atoms with Crippen LogP contribution in [0.2, 0.25) is 0 Å². The molecule has 0 aliphatic carbocycles. The Bertz CT molecular complexity index is 299. The largest absolute Gasteiger partial charge is 0.292 e. The monoisotopic (exact) mass is 223 g/mol. The minimum atomic E-state index is 0.498. The van der Waals surface area contributed by atoms with E-state index in [9.17, 15) is 0 Å². The summed E-state index contributed by atoms with van der Waals surface area (Å²) in [5, 5.41) is 0. The van der Waals surface area contributed by atoms with Crippen LogP contribution >= 0.6 is 11.6 Å². The Morgan fingerprint density at radius 2 is 2.13 bits per heavy atom. The van der Waals surface area contributed by atoms with Crippen LogP contribution in [-0.2, 0) is 0 Å². The van der Waals surface area contributed by atoms with Gasteiger partial charge in [0.25, 0.3) is 0 Å².